The van der Waals surface area contributed by atoms with Crippen LogP contribution >= 0.6 is 0 Å². The topological polar surface area (TPSA) is 43.2 Å². The molecular formula is C24H26N4O. The Balaban J connectivity index is 1.48. The molecule has 2 heterocycles. The quantitative estimate of drug-likeness (QED) is 0.398. The predicted molar refractivity (Wildman–Crippen MR) is 116 cm³/mol. The lowest BCUT2D eigenvalue weighted by Gasteiger charge is -2.22. The van der Waals surface area contributed by atoms with Crippen molar-refractivity contribution in [1.29, 1.82) is 0 Å². The van der Waals surface area contributed by atoms with Crippen molar-refractivity contribution in [2.24, 2.45) is 0 Å². The Morgan fingerprint density at radius 3 is 2.52 bits per heavy atom. The number of methoxy groups -OCH3 is 1. The molecule has 5 heteroatoms. The Morgan fingerprint density at radius 2 is 1.72 bits per heavy atom. The molecule has 0 radical (unpaired) electrons. The fourth-order valence-corrected chi connectivity index (χ4v) is 3.55. The van der Waals surface area contributed by atoms with Gasteiger partial charge in [-0.05, 0) is 48.4 Å². The average Bonchev–Trinajstić information content (AvgIpc) is 3.19. The number of imidazole rings is 1. The normalized spacial score (nSPS) is 11.4. The van der Waals surface area contributed by atoms with Gasteiger partial charge in [0.05, 0.1) is 16.7 Å². The molecule has 0 aliphatic carbocycles. The smallest absolute Gasteiger partial charge is 0.100 e. The van der Waals surface area contributed by atoms with E-state index in [2.05, 4.69) is 55.8 Å². The van der Waals surface area contributed by atoms with E-state index in [-0.39, 0.29) is 0 Å². The molecule has 0 atom stereocenters. The fraction of sp³-hybridized carbons (Fsp3) is 0.250. The number of rotatable bonds is 9. The van der Waals surface area contributed by atoms with Crippen LogP contribution in [0.3, 0.4) is 0 Å². The highest BCUT2D eigenvalue weighted by Gasteiger charge is 2.09. The van der Waals surface area contributed by atoms with Crippen LogP contribution in [0.25, 0.3) is 16.7 Å². The second-order valence-corrected chi connectivity index (χ2v) is 7.15. The zero-order valence-corrected chi connectivity index (χ0v) is 16.7. The first kappa shape index (κ1) is 19.3. The number of hydrogen-bond acceptors (Lipinski definition) is 4. The van der Waals surface area contributed by atoms with E-state index < -0.39 is 0 Å². The molecule has 2 aromatic heterocycles. The van der Waals surface area contributed by atoms with Crippen molar-refractivity contribution in [3.63, 3.8) is 0 Å². The maximum absolute atomic E-state index is 5.23. The van der Waals surface area contributed by atoms with Crippen LogP contribution in [0.15, 0.2) is 79.3 Å². The van der Waals surface area contributed by atoms with E-state index in [0.717, 1.165) is 55.1 Å². The third kappa shape index (κ3) is 4.88. The minimum atomic E-state index is 0.769. The number of benzene rings is 2. The van der Waals surface area contributed by atoms with Crippen LogP contribution in [0.4, 0.5) is 0 Å². The van der Waals surface area contributed by atoms with Crippen LogP contribution in [-0.4, -0.2) is 39.7 Å². The van der Waals surface area contributed by atoms with Gasteiger partial charge in [0, 0.05) is 45.2 Å². The molecule has 0 N–H and O–H groups in total. The molecule has 0 amide bonds. The SMILES string of the molecule is COCCCN(Cc1ccc(-n2cnc3ccccc32)cc1)Cc1ccccn1. The lowest BCUT2D eigenvalue weighted by molar-refractivity contribution is 0.166. The molecule has 0 spiro atoms. The zero-order valence-electron chi connectivity index (χ0n) is 16.7. The summed E-state index contributed by atoms with van der Waals surface area (Å²) in [6, 6.07) is 23.0. The Labute approximate surface area is 171 Å². The van der Waals surface area contributed by atoms with Crippen molar-refractivity contribution in [3.8, 4) is 5.69 Å². The molecule has 4 rings (SSSR count). The van der Waals surface area contributed by atoms with E-state index in [1.54, 1.807) is 7.11 Å². The molecule has 148 valence electrons. The molecule has 0 aliphatic rings. The molecule has 0 unspecified atom stereocenters. The standard InChI is InChI=1S/C24H26N4O/c1-29-16-6-15-27(18-21-7-4-5-14-25-21)17-20-10-12-22(13-11-20)28-19-26-23-8-2-3-9-24(23)28/h2-5,7-14,19H,6,15-18H2,1H3. The summed E-state index contributed by atoms with van der Waals surface area (Å²) in [5, 5.41) is 0. The number of ether oxygens (including phenoxy) is 1. The molecule has 0 fully saturated rings. The monoisotopic (exact) mass is 386 g/mol. The highest BCUT2D eigenvalue weighted by atomic mass is 16.5. The van der Waals surface area contributed by atoms with Gasteiger partial charge >= 0.3 is 0 Å². The van der Waals surface area contributed by atoms with E-state index in [4.69, 9.17) is 4.74 Å². The van der Waals surface area contributed by atoms with Gasteiger partial charge in [0.15, 0.2) is 0 Å². The summed E-state index contributed by atoms with van der Waals surface area (Å²) in [4.78, 5) is 11.4. The molecule has 0 bridgehead atoms. The van der Waals surface area contributed by atoms with Gasteiger partial charge in [-0.25, -0.2) is 4.98 Å². The van der Waals surface area contributed by atoms with Crippen LogP contribution in [0.5, 0.6) is 0 Å². The third-order valence-electron chi connectivity index (χ3n) is 5.01. The van der Waals surface area contributed by atoms with E-state index in [1.807, 2.05) is 42.9 Å². The van der Waals surface area contributed by atoms with Crippen LogP contribution in [0.2, 0.25) is 0 Å². The van der Waals surface area contributed by atoms with Gasteiger partial charge in [0.1, 0.15) is 6.33 Å². The number of aromatic nitrogens is 3. The molecule has 29 heavy (non-hydrogen) atoms. The molecule has 5 nitrogen and oxygen atoms in total. The second-order valence-electron chi connectivity index (χ2n) is 7.15. The summed E-state index contributed by atoms with van der Waals surface area (Å²) in [5.41, 5.74) is 5.63. The lowest BCUT2D eigenvalue weighted by Crippen LogP contribution is -2.25. The van der Waals surface area contributed by atoms with Crippen molar-refractivity contribution in [3.05, 3.63) is 90.5 Å². The maximum atomic E-state index is 5.23. The average molecular weight is 386 g/mol. The first-order valence-electron chi connectivity index (χ1n) is 9.96. The molecule has 0 saturated carbocycles. The van der Waals surface area contributed by atoms with Crippen LogP contribution in [0.1, 0.15) is 17.7 Å². The Morgan fingerprint density at radius 1 is 0.897 bits per heavy atom. The lowest BCUT2D eigenvalue weighted by atomic mass is 10.1. The van der Waals surface area contributed by atoms with E-state index in [9.17, 15) is 0 Å². The van der Waals surface area contributed by atoms with Crippen molar-refractivity contribution >= 4 is 11.0 Å². The van der Waals surface area contributed by atoms with Crippen LogP contribution in [0, 0.1) is 0 Å². The summed E-state index contributed by atoms with van der Waals surface area (Å²) < 4.78 is 7.36. The van der Waals surface area contributed by atoms with Crippen molar-refractivity contribution in [2.75, 3.05) is 20.3 Å². The highest BCUT2D eigenvalue weighted by Crippen LogP contribution is 2.19. The third-order valence-corrected chi connectivity index (χ3v) is 5.01. The van der Waals surface area contributed by atoms with Crippen molar-refractivity contribution in [2.45, 2.75) is 19.5 Å². The molecular weight excluding hydrogens is 360 g/mol. The molecule has 0 saturated heterocycles. The summed E-state index contributed by atoms with van der Waals surface area (Å²) in [6.07, 6.45) is 4.74. The summed E-state index contributed by atoms with van der Waals surface area (Å²) in [6.45, 7) is 3.45. The number of pyridine rings is 1. The number of hydrogen-bond donors (Lipinski definition) is 0. The predicted octanol–water partition coefficient (Wildman–Crippen LogP) is 4.46. The summed E-state index contributed by atoms with van der Waals surface area (Å²) >= 11 is 0. The maximum Gasteiger partial charge on any atom is 0.100 e. The number of para-hydroxylation sites is 2. The number of nitrogens with zero attached hydrogens (tertiary/aromatic N) is 4. The zero-order chi connectivity index (χ0) is 19.9. The van der Waals surface area contributed by atoms with Gasteiger partial charge in [-0.3, -0.25) is 14.5 Å². The Hall–Kier alpha value is -3.02. The molecule has 0 aliphatic heterocycles. The largest absolute Gasteiger partial charge is 0.385 e. The van der Waals surface area contributed by atoms with Crippen LogP contribution < -0.4 is 0 Å². The second kappa shape index (κ2) is 9.45. The number of fused-ring (bicyclic) bond motifs is 1. The van der Waals surface area contributed by atoms with Gasteiger partial charge in [-0.2, -0.15) is 0 Å². The van der Waals surface area contributed by atoms with E-state index >= 15 is 0 Å². The fourth-order valence-electron chi connectivity index (χ4n) is 3.55. The Kier molecular flexibility index (Phi) is 6.29. The van der Waals surface area contributed by atoms with Crippen LogP contribution in [-0.2, 0) is 17.8 Å². The minimum Gasteiger partial charge on any atom is -0.385 e. The highest BCUT2D eigenvalue weighted by molar-refractivity contribution is 5.77. The first-order chi connectivity index (χ1) is 14.3. The Bertz CT molecular complexity index is 1030. The molecule has 4 aromatic rings. The first-order valence-corrected chi connectivity index (χ1v) is 9.96. The summed E-state index contributed by atoms with van der Waals surface area (Å²) in [5.74, 6) is 0. The van der Waals surface area contributed by atoms with Gasteiger partial charge in [-0.1, -0.05) is 30.3 Å². The van der Waals surface area contributed by atoms with Gasteiger partial charge in [0.2, 0.25) is 0 Å². The van der Waals surface area contributed by atoms with E-state index in [0.29, 0.717) is 0 Å². The summed E-state index contributed by atoms with van der Waals surface area (Å²) in [7, 11) is 1.75. The molecule has 2 aromatic carbocycles. The van der Waals surface area contributed by atoms with E-state index in [1.165, 1.54) is 5.56 Å². The van der Waals surface area contributed by atoms with Gasteiger partial charge in [-0.15, -0.1) is 0 Å². The van der Waals surface area contributed by atoms with Gasteiger partial charge < -0.3 is 4.74 Å². The van der Waals surface area contributed by atoms with Crippen molar-refractivity contribution in [1.82, 2.24) is 19.4 Å². The van der Waals surface area contributed by atoms with Gasteiger partial charge in [0.25, 0.3) is 0 Å². The minimum absolute atomic E-state index is 0.769. The van der Waals surface area contributed by atoms with Crippen molar-refractivity contribution < 1.29 is 4.74 Å².